The molecule has 2 N–H and O–H groups in total. The molecule has 6 heteroatoms. The third kappa shape index (κ3) is 3.41. The molecule has 90 valence electrons. The molecule has 0 spiro atoms. The second-order valence-electron chi connectivity index (χ2n) is 4.26. The van der Waals surface area contributed by atoms with E-state index in [4.69, 9.17) is 0 Å². The Hall–Kier alpha value is -0.170. The van der Waals surface area contributed by atoms with Gasteiger partial charge in [-0.05, 0) is 5.92 Å². The van der Waals surface area contributed by atoms with Crippen LogP contribution in [0, 0.1) is 5.92 Å². The Morgan fingerprint density at radius 3 is 2.40 bits per heavy atom. The van der Waals surface area contributed by atoms with E-state index >= 15 is 0 Å². The molecule has 0 bridgehead atoms. The molecule has 1 rings (SSSR count). The Bertz CT molecular complexity index is 286. The quantitative estimate of drug-likeness (QED) is 0.668. The van der Waals surface area contributed by atoms with Gasteiger partial charge in [0, 0.05) is 26.2 Å². The SMILES string of the molecule is CCN(C1CNC1)S(=O)(=O)NCC(C)C. The van der Waals surface area contributed by atoms with Crippen molar-refractivity contribution in [3.8, 4) is 0 Å². The molecule has 15 heavy (non-hydrogen) atoms. The molecule has 1 heterocycles. The first-order valence-electron chi connectivity index (χ1n) is 5.44. The highest BCUT2D eigenvalue weighted by Crippen LogP contribution is 2.09. The zero-order valence-corrected chi connectivity index (χ0v) is 10.5. The summed E-state index contributed by atoms with van der Waals surface area (Å²) in [4.78, 5) is 0. The highest BCUT2D eigenvalue weighted by Gasteiger charge is 2.32. The molecule has 0 radical (unpaired) electrons. The zero-order chi connectivity index (χ0) is 11.5. The number of hydrogen-bond acceptors (Lipinski definition) is 3. The summed E-state index contributed by atoms with van der Waals surface area (Å²) in [6, 6.07) is 0.125. The van der Waals surface area contributed by atoms with Gasteiger partial charge in [-0.2, -0.15) is 12.7 Å². The second-order valence-corrected chi connectivity index (χ2v) is 5.97. The lowest BCUT2D eigenvalue weighted by molar-refractivity contribution is 0.246. The summed E-state index contributed by atoms with van der Waals surface area (Å²) in [6.45, 7) is 8.39. The van der Waals surface area contributed by atoms with Crippen LogP contribution >= 0.6 is 0 Å². The molecule has 0 saturated carbocycles. The second kappa shape index (κ2) is 5.25. The molecule has 1 aliphatic heterocycles. The van der Waals surface area contributed by atoms with Crippen LogP contribution in [0.15, 0.2) is 0 Å². The summed E-state index contributed by atoms with van der Waals surface area (Å²) in [5.74, 6) is 0.331. The maximum atomic E-state index is 11.9. The third-order valence-corrected chi connectivity index (χ3v) is 4.17. The van der Waals surface area contributed by atoms with Crippen LogP contribution in [0.25, 0.3) is 0 Å². The van der Waals surface area contributed by atoms with Crippen molar-refractivity contribution in [2.24, 2.45) is 5.92 Å². The smallest absolute Gasteiger partial charge is 0.279 e. The van der Waals surface area contributed by atoms with Crippen molar-refractivity contribution in [2.75, 3.05) is 26.2 Å². The Labute approximate surface area is 92.4 Å². The van der Waals surface area contributed by atoms with Gasteiger partial charge in [0.15, 0.2) is 0 Å². The third-order valence-electron chi connectivity index (χ3n) is 2.46. The lowest BCUT2D eigenvalue weighted by Gasteiger charge is -2.36. The maximum absolute atomic E-state index is 11.9. The molecular formula is C9H21N3O2S. The van der Waals surface area contributed by atoms with Gasteiger partial charge in [0.25, 0.3) is 10.2 Å². The maximum Gasteiger partial charge on any atom is 0.279 e. The predicted octanol–water partition coefficient (Wildman–Crippen LogP) is -0.229. The Morgan fingerprint density at radius 1 is 1.47 bits per heavy atom. The van der Waals surface area contributed by atoms with Crippen LogP contribution in [-0.2, 0) is 10.2 Å². The van der Waals surface area contributed by atoms with Gasteiger partial charge in [-0.1, -0.05) is 20.8 Å². The van der Waals surface area contributed by atoms with E-state index in [1.807, 2.05) is 20.8 Å². The molecule has 5 nitrogen and oxygen atoms in total. The largest absolute Gasteiger partial charge is 0.313 e. The summed E-state index contributed by atoms with van der Waals surface area (Å²) in [5, 5.41) is 3.08. The molecule has 1 aliphatic rings. The molecule has 0 aromatic heterocycles. The first-order chi connectivity index (χ1) is 6.97. The van der Waals surface area contributed by atoms with E-state index in [0.717, 1.165) is 13.1 Å². The van der Waals surface area contributed by atoms with Crippen molar-refractivity contribution in [3.05, 3.63) is 0 Å². The van der Waals surface area contributed by atoms with Crippen molar-refractivity contribution < 1.29 is 8.42 Å². The van der Waals surface area contributed by atoms with Crippen LogP contribution < -0.4 is 10.0 Å². The number of likely N-dealkylation sites (N-methyl/N-ethyl adjacent to an activating group) is 1. The van der Waals surface area contributed by atoms with Crippen LogP contribution in [0.2, 0.25) is 0 Å². The van der Waals surface area contributed by atoms with Gasteiger partial charge >= 0.3 is 0 Å². The van der Waals surface area contributed by atoms with Gasteiger partial charge in [0.1, 0.15) is 0 Å². The minimum Gasteiger partial charge on any atom is -0.313 e. The number of rotatable bonds is 6. The Balaban J connectivity index is 2.56. The normalized spacial score (nSPS) is 18.5. The molecule has 0 unspecified atom stereocenters. The average Bonchev–Trinajstić information content (AvgIpc) is 2.07. The van der Waals surface area contributed by atoms with Crippen molar-refractivity contribution in [2.45, 2.75) is 26.8 Å². The van der Waals surface area contributed by atoms with Crippen LogP contribution in [0.5, 0.6) is 0 Å². The van der Waals surface area contributed by atoms with Crippen molar-refractivity contribution >= 4 is 10.2 Å². The fraction of sp³-hybridized carbons (Fsp3) is 1.00. The molecule has 0 aliphatic carbocycles. The molecule has 1 fully saturated rings. The summed E-state index contributed by atoms with van der Waals surface area (Å²) < 4.78 is 27.9. The van der Waals surface area contributed by atoms with Crippen LogP contribution in [0.3, 0.4) is 0 Å². The first kappa shape index (κ1) is 12.9. The fourth-order valence-electron chi connectivity index (χ4n) is 1.46. The Morgan fingerprint density at radius 2 is 2.07 bits per heavy atom. The minimum atomic E-state index is -3.28. The summed E-state index contributed by atoms with van der Waals surface area (Å²) in [5.41, 5.74) is 0. The number of nitrogens with one attached hydrogen (secondary N) is 2. The molecule has 0 atom stereocenters. The van der Waals surface area contributed by atoms with E-state index in [1.165, 1.54) is 4.31 Å². The zero-order valence-electron chi connectivity index (χ0n) is 9.66. The van der Waals surface area contributed by atoms with Gasteiger partial charge in [0.05, 0.1) is 6.04 Å². The van der Waals surface area contributed by atoms with E-state index in [2.05, 4.69) is 10.0 Å². The lowest BCUT2D eigenvalue weighted by Crippen LogP contribution is -2.60. The lowest BCUT2D eigenvalue weighted by atomic mass is 10.2. The number of hydrogen-bond donors (Lipinski definition) is 2. The predicted molar refractivity (Wildman–Crippen MR) is 60.8 cm³/mol. The van der Waals surface area contributed by atoms with Crippen LogP contribution in [-0.4, -0.2) is 44.9 Å². The summed E-state index contributed by atoms with van der Waals surface area (Å²) in [7, 11) is -3.28. The van der Waals surface area contributed by atoms with Crippen molar-refractivity contribution in [1.29, 1.82) is 0 Å². The topological polar surface area (TPSA) is 61.4 Å². The van der Waals surface area contributed by atoms with E-state index in [0.29, 0.717) is 19.0 Å². The highest BCUT2D eigenvalue weighted by molar-refractivity contribution is 7.87. The molecule has 1 saturated heterocycles. The summed E-state index contributed by atoms with van der Waals surface area (Å²) >= 11 is 0. The van der Waals surface area contributed by atoms with E-state index in [-0.39, 0.29) is 6.04 Å². The molecular weight excluding hydrogens is 214 g/mol. The first-order valence-corrected chi connectivity index (χ1v) is 6.88. The van der Waals surface area contributed by atoms with Crippen molar-refractivity contribution in [1.82, 2.24) is 14.3 Å². The average molecular weight is 235 g/mol. The standard InChI is InChI=1S/C9H21N3O2S/c1-4-12(9-6-10-7-9)15(13,14)11-5-8(2)3/h8-11H,4-7H2,1-3H3. The molecule has 0 amide bonds. The molecule has 0 aromatic carbocycles. The van der Waals surface area contributed by atoms with E-state index < -0.39 is 10.2 Å². The Kier molecular flexibility index (Phi) is 4.51. The van der Waals surface area contributed by atoms with Gasteiger partial charge in [-0.25, -0.2) is 4.72 Å². The van der Waals surface area contributed by atoms with Gasteiger partial charge in [-0.3, -0.25) is 0 Å². The van der Waals surface area contributed by atoms with Crippen LogP contribution in [0.1, 0.15) is 20.8 Å². The highest BCUT2D eigenvalue weighted by atomic mass is 32.2. The van der Waals surface area contributed by atoms with Crippen LogP contribution in [0.4, 0.5) is 0 Å². The van der Waals surface area contributed by atoms with Crippen molar-refractivity contribution in [3.63, 3.8) is 0 Å². The molecule has 0 aromatic rings. The monoisotopic (exact) mass is 235 g/mol. The number of nitrogens with zero attached hydrogens (tertiary/aromatic N) is 1. The van der Waals surface area contributed by atoms with Gasteiger partial charge < -0.3 is 5.32 Å². The van der Waals surface area contributed by atoms with Gasteiger partial charge in [0.2, 0.25) is 0 Å². The van der Waals surface area contributed by atoms with Gasteiger partial charge in [-0.15, -0.1) is 0 Å². The van der Waals surface area contributed by atoms with E-state index in [9.17, 15) is 8.42 Å². The van der Waals surface area contributed by atoms with E-state index in [1.54, 1.807) is 0 Å². The summed E-state index contributed by atoms with van der Waals surface area (Å²) in [6.07, 6.45) is 0. The fourth-order valence-corrected chi connectivity index (χ4v) is 3.05. The minimum absolute atomic E-state index is 0.125.